The van der Waals surface area contributed by atoms with Crippen LogP contribution in [0.5, 0.6) is 5.75 Å². The second kappa shape index (κ2) is 7.13. The number of ether oxygens (including phenoxy) is 1. The molecule has 0 radical (unpaired) electrons. The van der Waals surface area contributed by atoms with Gasteiger partial charge in [-0.25, -0.2) is 4.39 Å². The van der Waals surface area contributed by atoms with E-state index in [4.69, 9.17) is 20.8 Å². The van der Waals surface area contributed by atoms with Gasteiger partial charge in [-0.3, -0.25) is 9.59 Å². The van der Waals surface area contributed by atoms with E-state index in [1.165, 1.54) is 18.4 Å². The van der Waals surface area contributed by atoms with Crippen molar-refractivity contribution < 1.29 is 23.1 Å². The van der Waals surface area contributed by atoms with E-state index >= 15 is 0 Å². The number of furan rings is 1. The minimum Gasteiger partial charge on any atom is -0.484 e. The Kier molecular flexibility index (Phi) is 4.79. The summed E-state index contributed by atoms with van der Waals surface area (Å²) in [7, 11) is 0. The van der Waals surface area contributed by atoms with Crippen molar-refractivity contribution >= 4 is 23.4 Å². The summed E-state index contributed by atoms with van der Waals surface area (Å²) in [5, 5.41) is 5.65. The Balaban J connectivity index is 1.39. The molecule has 1 atom stereocenters. The van der Waals surface area contributed by atoms with Crippen molar-refractivity contribution in [1.82, 2.24) is 10.6 Å². The summed E-state index contributed by atoms with van der Waals surface area (Å²) in [5.41, 5.74) is 0.397. The minimum atomic E-state index is -0.724. The fourth-order valence-electron chi connectivity index (χ4n) is 3.84. The first-order valence-electron chi connectivity index (χ1n) is 9.08. The maximum Gasteiger partial charge on any atom is 0.259 e. The molecule has 3 aliphatic rings. The van der Waals surface area contributed by atoms with Crippen molar-refractivity contribution in [2.24, 2.45) is 11.3 Å². The molecule has 3 saturated carbocycles. The minimum absolute atomic E-state index is 0.0244. The van der Waals surface area contributed by atoms with Crippen LogP contribution in [0.2, 0.25) is 5.02 Å². The van der Waals surface area contributed by atoms with Crippen LogP contribution in [0.3, 0.4) is 0 Å². The normalized spacial score (nSPS) is 23.2. The Morgan fingerprint density at radius 2 is 2.07 bits per heavy atom. The zero-order valence-electron chi connectivity index (χ0n) is 15.3. The molecule has 5 rings (SSSR count). The van der Waals surface area contributed by atoms with Crippen LogP contribution in [0, 0.1) is 24.1 Å². The monoisotopic (exact) mass is 406 g/mol. The summed E-state index contributed by atoms with van der Waals surface area (Å²) in [6, 6.07) is 5.64. The number of nitrogens with one attached hydrogen (secondary N) is 2. The maximum absolute atomic E-state index is 13.5. The van der Waals surface area contributed by atoms with Gasteiger partial charge in [0.25, 0.3) is 5.91 Å². The van der Waals surface area contributed by atoms with Crippen molar-refractivity contribution in [1.29, 1.82) is 0 Å². The highest BCUT2D eigenvalue weighted by Crippen LogP contribution is 2.64. The summed E-state index contributed by atoms with van der Waals surface area (Å²) in [4.78, 5) is 25.0. The number of carbonyl (C=O) groups excluding carboxylic acids is 2. The molecule has 2 bridgehead atoms. The number of hydrogen-bond donors (Lipinski definition) is 2. The zero-order chi connectivity index (χ0) is 19.9. The lowest BCUT2D eigenvalue weighted by Crippen LogP contribution is -2.61. The molecule has 28 heavy (non-hydrogen) atoms. The molecule has 2 aromatic rings. The van der Waals surface area contributed by atoms with Gasteiger partial charge in [-0.2, -0.15) is 0 Å². The largest absolute Gasteiger partial charge is 0.484 e. The lowest BCUT2D eigenvalue weighted by molar-refractivity contribution is -0.166. The van der Waals surface area contributed by atoms with Crippen LogP contribution < -0.4 is 15.4 Å². The first-order valence-corrected chi connectivity index (χ1v) is 9.46. The van der Waals surface area contributed by atoms with Crippen molar-refractivity contribution in [3.63, 3.8) is 0 Å². The van der Waals surface area contributed by atoms with Gasteiger partial charge in [0.1, 0.15) is 23.5 Å². The maximum atomic E-state index is 13.5. The van der Waals surface area contributed by atoms with E-state index in [9.17, 15) is 14.0 Å². The molecule has 1 heterocycles. The van der Waals surface area contributed by atoms with E-state index in [1.807, 2.05) is 0 Å². The number of aryl methyl sites for hydroxylation is 1. The third kappa shape index (κ3) is 3.46. The molecule has 0 saturated heterocycles. The van der Waals surface area contributed by atoms with Gasteiger partial charge in [0.15, 0.2) is 6.61 Å². The molecular formula is C20H20ClFN2O4. The Hall–Kier alpha value is -2.54. The molecule has 148 valence electrons. The Labute approximate surface area is 166 Å². The van der Waals surface area contributed by atoms with E-state index < -0.39 is 17.9 Å². The summed E-state index contributed by atoms with van der Waals surface area (Å²) in [6.07, 6.45) is 3.52. The van der Waals surface area contributed by atoms with Gasteiger partial charge in [0, 0.05) is 11.6 Å². The SMILES string of the molecule is Cc1occc1C(NC(=O)COc1ccc(Cl)c(F)c1)NC(=O)C12CC(C1)C2. The molecule has 8 heteroatoms. The summed E-state index contributed by atoms with van der Waals surface area (Å²) >= 11 is 5.63. The second-order valence-corrected chi connectivity index (χ2v) is 7.94. The number of amides is 2. The smallest absolute Gasteiger partial charge is 0.259 e. The first kappa shape index (κ1) is 18.8. The van der Waals surface area contributed by atoms with Gasteiger partial charge in [-0.05, 0) is 50.3 Å². The van der Waals surface area contributed by atoms with Crippen LogP contribution in [0.1, 0.15) is 36.8 Å². The number of carbonyl (C=O) groups is 2. The molecule has 1 aromatic heterocycles. The first-order chi connectivity index (χ1) is 13.4. The number of halogens is 2. The molecule has 3 aliphatic carbocycles. The zero-order valence-corrected chi connectivity index (χ0v) is 16.0. The predicted molar refractivity (Wildman–Crippen MR) is 99.2 cm³/mol. The van der Waals surface area contributed by atoms with Gasteiger partial charge < -0.3 is 19.8 Å². The van der Waals surface area contributed by atoms with E-state index in [0.717, 1.165) is 25.3 Å². The highest BCUT2D eigenvalue weighted by Gasteiger charge is 2.61. The molecule has 3 fully saturated rings. The highest BCUT2D eigenvalue weighted by molar-refractivity contribution is 6.30. The van der Waals surface area contributed by atoms with Crippen LogP contribution in [-0.2, 0) is 9.59 Å². The Bertz CT molecular complexity index is 912. The van der Waals surface area contributed by atoms with Gasteiger partial charge in [-0.15, -0.1) is 0 Å². The molecule has 0 spiro atoms. The van der Waals surface area contributed by atoms with Gasteiger partial charge >= 0.3 is 0 Å². The molecule has 1 unspecified atom stereocenters. The number of rotatable bonds is 7. The second-order valence-electron chi connectivity index (χ2n) is 7.53. The molecule has 6 nitrogen and oxygen atoms in total. The van der Waals surface area contributed by atoms with Crippen LogP contribution >= 0.6 is 11.6 Å². The van der Waals surface area contributed by atoms with Gasteiger partial charge in [-0.1, -0.05) is 11.6 Å². The average molecular weight is 407 g/mol. The van der Waals surface area contributed by atoms with Crippen LogP contribution in [0.15, 0.2) is 34.9 Å². The van der Waals surface area contributed by atoms with Crippen molar-refractivity contribution in [3.8, 4) is 5.75 Å². The van der Waals surface area contributed by atoms with E-state index in [2.05, 4.69) is 10.6 Å². The van der Waals surface area contributed by atoms with E-state index in [0.29, 0.717) is 17.2 Å². The molecule has 2 N–H and O–H groups in total. The third-order valence-corrected chi connectivity index (χ3v) is 5.88. The number of benzene rings is 1. The molecule has 2 amide bonds. The highest BCUT2D eigenvalue weighted by atomic mass is 35.5. The lowest BCUT2D eigenvalue weighted by Gasteiger charge is -2.60. The van der Waals surface area contributed by atoms with Crippen molar-refractivity contribution in [3.05, 3.63) is 52.7 Å². The average Bonchev–Trinajstić information content (AvgIpc) is 2.98. The fraction of sp³-hybridized carbons (Fsp3) is 0.400. The van der Waals surface area contributed by atoms with Crippen molar-refractivity contribution in [2.75, 3.05) is 6.61 Å². The molecule has 1 aromatic carbocycles. The third-order valence-electron chi connectivity index (χ3n) is 5.57. The van der Waals surface area contributed by atoms with Gasteiger partial charge in [0.2, 0.25) is 5.91 Å². The summed E-state index contributed by atoms with van der Waals surface area (Å²) in [6.45, 7) is 1.42. The van der Waals surface area contributed by atoms with E-state index in [-0.39, 0.29) is 28.7 Å². The Morgan fingerprint density at radius 1 is 1.32 bits per heavy atom. The van der Waals surface area contributed by atoms with E-state index in [1.54, 1.807) is 13.0 Å². The summed E-state index contributed by atoms with van der Waals surface area (Å²) in [5.74, 6) is 0.315. The van der Waals surface area contributed by atoms with Gasteiger partial charge in [0.05, 0.1) is 16.7 Å². The van der Waals surface area contributed by atoms with Crippen molar-refractivity contribution in [2.45, 2.75) is 32.4 Å². The van der Waals surface area contributed by atoms with Crippen LogP contribution in [0.4, 0.5) is 4.39 Å². The van der Waals surface area contributed by atoms with Crippen LogP contribution in [-0.4, -0.2) is 18.4 Å². The predicted octanol–water partition coefficient (Wildman–Crippen LogP) is 3.49. The fourth-order valence-corrected chi connectivity index (χ4v) is 3.96. The quantitative estimate of drug-likeness (QED) is 0.690. The number of hydrogen-bond acceptors (Lipinski definition) is 4. The summed E-state index contributed by atoms with van der Waals surface area (Å²) < 4.78 is 24.1. The lowest BCUT2D eigenvalue weighted by atomic mass is 9.44. The Morgan fingerprint density at radius 3 is 2.64 bits per heavy atom. The molecular weight excluding hydrogens is 387 g/mol. The van der Waals surface area contributed by atoms with Crippen LogP contribution in [0.25, 0.3) is 0 Å². The topological polar surface area (TPSA) is 80.6 Å². The standard InChI is InChI=1S/C20H20ClFN2O4/c1-11-14(4-5-27-11)18(24-19(26)20-7-12(8-20)9-20)23-17(25)10-28-13-2-3-15(21)16(22)6-13/h2-6,12,18H,7-10H2,1H3,(H,23,25)(H,24,26). The molecule has 0 aliphatic heterocycles.